The van der Waals surface area contributed by atoms with Crippen LogP contribution < -0.4 is 5.73 Å². The van der Waals surface area contributed by atoms with Gasteiger partial charge in [-0.3, -0.25) is 14.9 Å². The molecule has 1 aliphatic heterocycles. The van der Waals surface area contributed by atoms with Gasteiger partial charge in [0.25, 0.3) is 5.69 Å². The Morgan fingerprint density at radius 3 is 2.70 bits per heavy atom. The Bertz CT molecular complexity index is 510. The first-order valence-electron chi connectivity index (χ1n) is 6.77. The van der Waals surface area contributed by atoms with E-state index in [2.05, 4.69) is 0 Å². The molecule has 1 atom stereocenters. The van der Waals surface area contributed by atoms with Gasteiger partial charge in [0.1, 0.15) is 0 Å². The highest BCUT2D eigenvalue weighted by Gasteiger charge is 2.26. The van der Waals surface area contributed by atoms with Gasteiger partial charge in [-0.2, -0.15) is 0 Å². The topological polar surface area (TPSA) is 89.5 Å². The summed E-state index contributed by atoms with van der Waals surface area (Å²) >= 11 is 0. The molecule has 2 rings (SSSR count). The standard InChI is InChI=1S/C14H19N3O3/c1-10(11-3-2-4-13(9-11)17(19)20)14(18)16-7-5-12(15)6-8-16/h2-4,9-10,12H,5-8,15H2,1H3. The average Bonchev–Trinajstić information content (AvgIpc) is 2.46. The molecule has 1 aliphatic rings. The monoisotopic (exact) mass is 277 g/mol. The number of nitro benzene ring substituents is 1. The van der Waals surface area contributed by atoms with Crippen molar-refractivity contribution in [2.75, 3.05) is 13.1 Å². The Hall–Kier alpha value is -1.95. The molecule has 6 nitrogen and oxygen atoms in total. The number of nitro groups is 1. The number of hydrogen-bond donors (Lipinski definition) is 1. The summed E-state index contributed by atoms with van der Waals surface area (Å²) in [6, 6.07) is 6.44. The third kappa shape index (κ3) is 3.14. The Balaban J connectivity index is 2.10. The van der Waals surface area contributed by atoms with Gasteiger partial charge in [-0.1, -0.05) is 12.1 Å². The van der Waals surface area contributed by atoms with Gasteiger partial charge >= 0.3 is 0 Å². The molecule has 20 heavy (non-hydrogen) atoms. The van der Waals surface area contributed by atoms with Gasteiger partial charge < -0.3 is 10.6 Å². The smallest absolute Gasteiger partial charge is 0.269 e. The van der Waals surface area contributed by atoms with Crippen LogP contribution in [0.2, 0.25) is 0 Å². The van der Waals surface area contributed by atoms with E-state index in [9.17, 15) is 14.9 Å². The first-order valence-corrected chi connectivity index (χ1v) is 6.77. The van der Waals surface area contributed by atoms with Crippen LogP contribution in [0.15, 0.2) is 24.3 Å². The molecule has 1 saturated heterocycles. The fourth-order valence-electron chi connectivity index (χ4n) is 2.44. The van der Waals surface area contributed by atoms with Crippen LogP contribution in [0, 0.1) is 10.1 Å². The molecular weight excluding hydrogens is 258 g/mol. The van der Waals surface area contributed by atoms with Crippen molar-refractivity contribution in [1.82, 2.24) is 4.90 Å². The molecule has 0 saturated carbocycles. The molecule has 1 heterocycles. The molecule has 2 N–H and O–H groups in total. The van der Waals surface area contributed by atoms with Crippen molar-refractivity contribution in [3.05, 3.63) is 39.9 Å². The summed E-state index contributed by atoms with van der Waals surface area (Å²) in [7, 11) is 0. The second-order valence-corrected chi connectivity index (χ2v) is 5.24. The molecule has 1 aromatic rings. The van der Waals surface area contributed by atoms with Gasteiger partial charge in [0, 0.05) is 31.3 Å². The highest BCUT2D eigenvalue weighted by Crippen LogP contribution is 2.23. The van der Waals surface area contributed by atoms with E-state index in [-0.39, 0.29) is 23.6 Å². The van der Waals surface area contributed by atoms with Crippen LogP contribution >= 0.6 is 0 Å². The number of nitrogens with two attached hydrogens (primary N) is 1. The quantitative estimate of drug-likeness (QED) is 0.672. The van der Waals surface area contributed by atoms with Crippen LogP contribution in [-0.2, 0) is 4.79 Å². The fraction of sp³-hybridized carbons (Fsp3) is 0.500. The minimum absolute atomic E-state index is 0.0115. The van der Waals surface area contributed by atoms with E-state index in [0.29, 0.717) is 18.7 Å². The van der Waals surface area contributed by atoms with E-state index in [1.54, 1.807) is 24.0 Å². The Morgan fingerprint density at radius 2 is 2.10 bits per heavy atom. The molecule has 0 aliphatic carbocycles. The van der Waals surface area contributed by atoms with Crippen LogP contribution in [0.25, 0.3) is 0 Å². The second-order valence-electron chi connectivity index (χ2n) is 5.24. The maximum Gasteiger partial charge on any atom is 0.269 e. The van der Waals surface area contributed by atoms with Crippen molar-refractivity contribution >= 4 is 11.6 Å². The SMILES string of the molecule is CC(C(=O)N1CCC(N)CC1)c1cccc([N+](=O)[O-])c1. The van der Waals surface area contributed by atoms with Gasteiger partial charge in [-0.15, -0.1) is 0 Å². The molecule has 1 amide bonds. The molecule has 108 valence electrons. The van der Waals surface area contributed by atoms with Crippen molar-refractivity contribution in [1.29, 1.82) is 0 Å². The molecule has 1 fully saturated rings. The predicted molar refractivity (Wildman–Crippen MR) is 75.3 cm³/mol. The summed E-state index contributed by atoms with van der Waals surface area (Å²) < 4.78 is 0. The minimum atomic E-state index is -0.444. The van der Waals surface area contributed by atoms with Crippen LogP contribution in [0.5, 0.6) is 0 Å². The maximum atomic E-state index is 12.4. The lowest BCUT2D eigenvalue weighted by atomic mass is 9.97. The summed E-state index contributed by atoms with van der Waals surface area (Å²) in [6.45, 7) is 3.12. The molecule has 0 radical (unpaired) electrons. The molecule has 0 bridgehead atoms. The van der Waals surface area contributed by atoms with Gasteiger partial charge in [0.15, 0.2) is 0 Å². The number of carbonyl (C=O) groups is 1. The van der Waals surface area contributed by atoms with Crippen molar-refractivity contribution in [3.8, 4) is 0 Å². The molecular formula is C14H19N3O3. The number of nitrogens with zero attached hydrogens (tertiary/aromatic N) is 2. The summed E-state index contributed by atoms with van der Waals surface area (Å²) in [5.74, 6) is -0.360. The summed E-state index contributed by atoms with van der Waals surface area (Å²) in [6.07, 6.45) is 1.63. The van der Waals surface area contributed by atoms with E-state index < -0.39 is 4.92 Å². The number of hydrogen-bond acceptors (Lipinski definition) is 4. The predicted octanol–water partition coefficient (Wildman–Crippen LogP) is 1.65. The number of rotatable bonds is 3. The molecule has 6 heteroatoms. The number of carbonyl (C=O) groups excluding carboxylic acids is 1. The third-order valence-electron chi connectivity index (χ3n) is 3.80. The number of amides is 1. The zero-order chi connectivity index (χ0) is 14.7. The Kier molecular flexibility index (Phi) is 4.34. The highest BCUT2D eigenvalue weighted by atomic mass is 16.6. The van der Waals surface area contributed by atoms with Gasteiger partial charge in [0.05, 0.1) is 10.8 Å². The van der Waals surface area contributed by atoms with E-state index >= 15 is 0 Å². The Labute approximate surface area is 117 Å². The first-order chi connectivity index (χ1) is 9.49. The second kappa shape index (κ2) is 6.00. The largest absolute Gasteiger partial charge is 0.342 e. The van der Waals surface area contributed by atoms with Crippen LogP contribution in [0.4, 0.5) is 5.69 Å². The summed E-state index contributed by atoms with van der Waals surface area (Å²) in [5.41, 5.74) is 6.52. The maximum absolute atomic E-state index is 12.4. The normalized spacial score (nSPS) is 17.8. The van der Waals surface area contributed by atoms with Crippen LogP contribution in [0.1, 0.15) is 31.2 Å². The van der Waals surface area contributed by atoms with Crippen molar-refractivity contribution in [2.24, 2.45) is 5.73 Å². The number of non-ortho nitro benzene ring substituents is 1. The van der Waals surface area contributed by atoms with Crippen molar-refractivity contribution < 1.29 is 9.72 Å². The van der Waals surface area contributed by atoms with E-state index in [4.69, 9.17) is 5.73 Å². The van der Waals surface area contributed by atoms with E-state index in [1.807, 2.05) is 0 Å². The minimum Gasteiger partial charge on any atom is -0.342 e. The van der Waals surface area contributed by atoms with Crippen molar-refractivity contribution in [3.63, 3.8) is 0 Å². The van der Waals surface area contributed by atoms with Gasteiger partial charge in [-0.05, 0) is 25.3 Å². The molecule has 1 aromatic carbocycles. The third-order valence-corrected chi connectivity index (χ3v) is 3.80. The zero-order valence-corrected chi connectivity index (χ0v) is 11.5. The number of likely N-dealkylation sites (tertiary alicyclic amines) is 1. The Morgan fingerprint density at radius 1 is 1.45 bits per heavy atom. The lowest BCUT2D eigenvalue weighted by molar-refractivity contribution is -0.384. The summed E-state index contributed by atoms with van der Waals surface area (Å²) in [4.78, 5) is 24.5. The number of benzene rings is 1. The molecule has 0 aromatic heterocycles. The highest BCUT2D eigenvalue weighted by molar-refractivity contribution is 5.83. The van der Waals surface area contributed by atoms with Crippen molar-refractivity contribution in [2.45, 2.75) is 31.7 Å². The average molecular weight is 277 g/mol. The van der Waals surface area contributed by atoms with Crippen LogP contribution in [0.3, 0.4) is 0 Å². The van der Waals surface area contributed by atoms with E-state index in [0.717, 1.165) is 12.8 Å². The lowest BCUT2D eigenvalue weighted by Gasteiger charge is -2.32. The molecule has 0 spiro atoms. The van der Waals surface area contributed by atoms with Gasteiger partial charge in [0.2, 0.25) is 5.91 Å². The van der Waals surface area contributed by atoms with E-state index in [1.165, 1.54) is 12.1 Å². The zero-order valence-electron chi connectivity index (χ0n) is 11.5. The summed E-state index contributed by atoms with van der Waals surface area (Å²) in [5, 5.41) is 10.8. The first kappa shape index (κ1) is 14.5. The molecule has 1 unspecified atom stereocenters. The van der Waals surface area contributed by atoms with Gasteiger partial charge in [-0.25, -0.2) is 0 Å². The fourth-order valence-corrected chi connectivity index (χ4v) is 2.44. The lowest BCUT2D eigenvalue weighted by Crippen LogP contribution is -2.44. The number of piperidine rings is 1. The van der Waals surface area contributed by atoms with Crippen LogP contribution in [-0.4, -0.2) is 34.9 Å².